The number of aromatic nitrogens is 1. The maximum atomic E-state index is 12.7. The Morgan fingerprint density at radius 1 is 1.32 bits per heavy atom. The minimum Gasteiger partial charge on any atom is -0.393 e. The quantitative estimate of drug-likeness (QED) is 0.789. The summed E-state index contributed by atoms with van der Waals surface area (Å²) in [5.74, 6) is 0.663. The topological polar surface area (TPSA) is 57.2 Å². The summed E-state index contributed by atoms with van der Waals surface area (Å²) >= 11 is 0. The number of hydrogen-bond acceptors (Lipinski definition) is 4. The summed E-state index contributed by atoms with van der Waals surface area (Å²) < 4.78 is 38.1. The van der Waals surface area contributed by atoms with E-state index in [1.165, 1.54) is 7.05 Å². The molecule has 1 fully saturated rings. The molecule has 0 bridgehead atoms. The molecule has 3 N–H and O–H groups in total. The molecule has 2 rings (SSSR count). The van der Waals surface area contributed by atoms with E-state index < -0.39 is 11.7 Å². The lowest BCUT2D eigenvalue weighted by molar-refractivity contribution is -0.137. The second kappa shape index (κ2) is 5.24. The summed E-state index contributed by atoms with van der Waals surface area (Å²) in [4.78, 5) is 4.03. The van der Waals surface area contributed by atoms with Gasteiger partial charge in [0.05, 0.1) is 11.7 Å². The maximum absolute atomic E-state index is 12.7. The first-order valence-electron chi connectivity index (χ1n) is 6.07. The van der Waals surface area contributed by atoms with Crippen LogP contribution in [0.25, 0.3) is 0 Å². The van der Waals surface area contributed by atoms with E-state index >= 15 is 0 Å². The van der Waals surface area contributed by atoms with Gasteiger partial charge in [-0.25, -0.2) is 4.98 Å². The minimum atomic E-state index is -4.39. The summed E-state index contributed by atoms with van der Waals surface area (Å²) in [5.41, 5.74) is -0.733. The van der Waals surface area contributed by atoms with Crippen molar-refractivity contribution in [1.82, 2.24) is 4.98 Å². The molecule has 0 unspecified atom stereocenters. The molecule has 0 aliphatic heterocycles. The number of aliphatic hydroxyl groups excluding tert-OH is 1. The highest BCUT2D eigenvalue weighted by atomic mass is 19.4. The predicted molar refractivity (Wildman–Crippen MR) is 66.0 cm³/mol. The Balaban J connectivity index is 2.06. The Hall–Kier alpha value is -1.50. The Morgan fingerprint density at radius 3 is 2.47 bits per heavy atom. The fourth-order valence-corrected chi connectivity index (χ4v) is 2.03. The van der Waals surface area contributed by atoms with E-state index in [9.17, 15) is 13.2 Å². The lowest BCUT2D eigenvalue weighted by atomic mass is 9.82. The zero-order valence-corrected chi connectivity index (χ0v) is 10.5. The van der Waals surface area contributed by atoms with E-state index in [4.69, 9.17) is 5.11 Å². The summed E-state index contributed by atoms with van der Waals surface area (Å²) in [5, 5.41) is 14.6. The lowest BCUT2D eigenvalue weighted by Gasteiger charge is -2.31. The van der Waals surface area contributed by atoms with Crippen LogP contribution >= 0.6 is 0 Å². The highest BCUT2D eigenvalue weighted by Gasteiger charge is 2.32. The summed E-state index contributed by atoms with van der Waals surface area (Å²) in [6.45, 7) is 0.522. The molecule has 1 aliphatic rings. The second-order valence-corrected chi connectivity index (χ2v) is 4.75. The fraction of sp³-hybridized carbons (Fsp3) is 0.583. The smallest absolute Gasteiger partial charge is 0.393 e. The molecule has 4 nitrogen and oxygen atoms in total. The van der Waals surface area contributed by atoms with Gasteiger partial charge in [0.1, 0.15) is 11.6 Å². The monoisotopic (exact) mass is 275 g/mol. The molecule has 0 saturated heterocycles. The van der Waals surface area contributed by atoms with Gasteiger partial charge in [-0.15, -0.1) is 0 Å². The highest BCUT2D eigenvalue weighted by molar-refractivity contribution is 5.49. The van der Waals surface area contributed by atoms with Crippen molar-refractivity contribution in [2.75, 3.05) is 24.2 Å². The van der Waals surface area contributed by atoms with Gasteiger partial charge in [0.2, 0.25) is 0 Å². The van der Waals surface area contributed by atoms with Gasteiger partial charge < -0.3 is 15.7 Å². The summed E-state index contributed by atoms with van der Waals surface area (Å²) in [7, 11) is 1.52. The van der Waals surface area contributed by atoms with Crippen LogP contribution in [0.3, 0.4) is 0 Å². The third-order valence-electron chi connectivity index (χ3n) is 3.19. The van der Waals surface area contributed by atoms with E-state index in [1.807, 2.05) is 0 Å². The van der Waals surface area contributed by atoms with Gasteiger partial charge in [0, 0.05) is 13.6 Å². The average molecular weight is 275 g/mol. The van der Waals surface area contributed by atoms with Gasteiger partial charge in [0.25, 0.3) is 0 Å². The van der Waals surface area contributed by atoms with E-state index in [2.05, 4.69) is 15.6 Å². The molecule has 106 valence electrons. The van der Waals surface area contributed by atoms with Crippen molar-refractivity contribution in [3.63, 3.8) is 0 Å². The molecular weight excluding hydrogens is 259 g/mol. The third kappa shape index (κ3) is 3.50. The van der Waals surface area contributed by atoms with Crippen molar-refractivity contribution in [2.24, 2.45) is 5.92 Å². The fourth-order valence-electron chi connectivity index (χ4n) is 2.03. The van der Waals surface area contributed by atoms with Crippen LogP contribution in [0.4, 0.5) is 24.8 Å². The second-order valence-electron chi connectivity index (χ2n) is 4.75. The number of pyridine rings is 1. The molecular formula is C12H16F3N3O. The predicted octanol–water partition coefficient (Wildman–Crippen LogP) is 2.32. The zero-order chi connectivity index (χ0) is 14.0. The van der Waals surface area contributed by atoms with E-state index in [0.717, 1.165) is 12.1 Å². The molecule has 1 heterocycles. The molecule has 0 amide bonds. The van der Waals surface area contributed by atoms with Crippen molar-refractivity contribution in [2.45, 2.75) is 25.1 Å². The van der Waals surface area contributed by atoms with Crippen LogP contribution in [0.1, 0.15) is 18.4 Å². The molecule has 0 aromatic carbocycles. The molecule has 1 aromatic heterocycles. The van der Waals surface area contributed by atoms with Crippen molar-refractivity contribution in [1.29, 1.82) is 0 Å². The van der Waals surface area contributed by atoms with Crippen molar-refractivity contribution < 1.29 is 18.3 Å². The van der Waals surface area contributed by atoms with Crippen LogP contribution in [0.2, 0.25) is 0 Å². The number of nitrogens with zero attached hydrogens (tertiary/aromatic N) is 1. The molecule has 1 aliphatic carbocycles. The SMILES string of the molecule is CNc1cc(C(F)(F)F)cc(NCC2CC(O)C2)n1. The van der Waals surface area contributed by atoms with Gasteiger partial charge in [0.15, 0.2) is 0 Å². The van der Waals surface area contributed by atoms with Crippen LogP contribution in [0.15, 0.2) is 12.1 Å². The normalized spacial score (nSPS) is 22.8. The molecule has 0 radical (unpaired) electrons. The number of nitrogens with one attached hydrogen (secondary N) is 2. The summed E-state index contributed by atoms with van der Waals surface area (Å²) in [6, 6.07) is 1.97. The van der Waals surface area contributed by atoms with E-state index in [1.54, 1.807) is 0 Å². The maximum Gasteiger partial charge on any atom is 0.416 e. The van der Waals surface area contributed by atoms with Crippen molar-refractivity contribution in [3.8, 4) is 0 Å². The van der Waals surface area contributed by atoms with Crippen molar-refractivity contribution in [3.05, 3.63) is 17.7 Å². The Bertz CT molecular complexity index is 444. The number of alkyl halides is 3. The number of hydrogen-bond donors (Lipinski definition) is 3. The molecule has 19 heavy (non-hydrogen) atoms. The van der Waals surface area contributed by atoms with Crippen LogP contribution in [0.5, 0.6) is 0 Å². The first-order valence-corrected chi connectivity index (χ1v) is 6.07. The van der Waals surface area contributed by atoms with E-state index in [0.29, 0.717) is 25.3 Å². The molecule has 0 atom stereocenters. The van der Waals surface area contributed by atoms with Gasteiger partial charge in [-0.05, 0) is 30.9 Å². The van der Waals surface area contributed by atoms with Crippen LogP contribution in [-0.4, -0.2) is 29.8 Å². The van der Waals surface area contributed by atoms with Gasteiger partial charge in [-0.1, -0.05) is 0 Å². The summed E-state index contributed by atoms with van der Waals surface area (Å²) in [6.07, 6.45) is -3.29. The molecule has 1 saturated carbocycles. The minimum absolute atomic E-state index is 0.172. The van der Waals surface area contributed by atoms with Gasteiger partial charge >= 0.3 is 6.18 Å². The average Bonchev–Trinajstić information content (AvgIpc) is 2.31. The van der Waals surface area contributed by atoms with Crippen molar-refractivity contribution >= 4 is 11.6 Å². The van der Waals surface area contributed by atoms with Crippen LogP contribution < -0.4 is 10.6 Å². The lowest BCUT2D eigenvalue weighted by Crippen LogP contribution is -2.33. The standard InChI is InChI=1S/C12H16F3N3O/c1-16-10-4-8(12(13,14)15)5-11(18-10)17-6-7-2-9(19)3-7/h4-5,7,9,19H,2-3,6H2,1H3,(H2,16,17,18). The Kier molecular flexibility index (Phi) is 3.84. The largest absolute Gasteiger partial charge is 0.416 e. The number of anilines is 2. The number of rotatable bonds is 4. The van der Waals surface area contributed by atoms with Crippen LogP contribution in [-0.2, 0) is 6.18 Å². The molecule has 0 spiro atoms. The van der Waals surface area contributed by atoms with Gasteiger partial charge in [-0.2, -0.15) is 13.2 Å². The highest BCUT2D eigenvalue weighted by Crippen LogP contribution is 2.32. The first kappa shape index (κ1) is 13.9. The van der Waals surface area contributed by atoms with E-state index in [-0.39, 0.29) is 17.7 Å². The molecule has 1 aromatic rings. The Morgan fingerprint density at radius 2 is 1.95 bits per heavy atom. The zero-order valence-electron chi connectivity index (χ0n) is 10.5. The molecule has 7 heteroatoms. The third-order valence-corrected chi connectivity index (χ3v) is 3.19. The number of aliphatic hydroxyl groups is 1. The first-order chi connectivity index (χ1) is 8.88. The Labute approximate surface area is 109 Å². The van der Waals surface area contributed by atoms with Crippen LogP contribution in [0, 0.1) is 5.92 Å². The number of halogens is 3. The van der Waals surface area contributed by atoms with Gasteiger partial charge in [-0.3, -0.25) is 0 Å².